The number of nitrogens with zero attached hydrogens (tertiary/aromatic N) is 1. The SMILES string of the molecule is CC(C)(O[Si](C)(C)C(C)(C)C)c1cc(C(=O)C(F)(F)F)nc(-c2ccc(F)cc2)c1F. The molecule has 0 amide bonds. The molecule has 0 aliphatic rings. The van der Waals surface area contributed by atoms with Crippen molar-refractivity contribution < 1.29 is 31.2 Å². The predicted molar refractivity (Wildman–Crippen MR) is 111 cm³/mol. The summed E-state index contributed by atoms with van der Waals surface area (Å²) in [4.78, 5) is 15.6. The molecular formula is C22H26F5NO2Si. The average molecular weight is 460 g/mol. The molecule has 0 spiro atoms. The van der Waals surface area contributed by atoms with Crippen LogP contribution in [0.15, 0.2) is 30.3 Å². The molecule has 0 aliphatic carbocycles. The van der Waals surface area contributed by atoms with Crippen LogP contribution in [0.4, 0.5) is 22.0 Å². The van der Waals surface area contributed by atoms with Crippen molar-refractivity contribution in [1.82, 2.24) is 4.98 Å². The third kappa shape index (κ3) is 5.38. The first-order valence-electron chi connectivity index (χ1n) is 9.65. The smallest absolute Gasteiger partial charge is 0.408 e. The van der Waals surface area contributed by atoms with Crippen molar-refractivity contribution in [3.63, 3.8) is 0 Å². The van der Waals surface area contributed by atoms with E-state index >= 15 is 4.39 Å². The topological polar surface area (TPSA) is 39.2 Å². The molecule has 0 aliphatic heterocycles. The van der Waals surface area contributed by atoms with Gasteiger partial charge in [-0.25, -0.2) is 13.8 Å². The molecule has 0 radical (unpaired) electrons. The largest absolute Gasteiger partial charge is 0.456 e. The van der Waals surface area contributed by atoms with Crippen LogP contribution in [0, 0.1) is 11.6 Å². The first kappa shape index (κ1) is 25.1. The summed E-state index contributed by atoms with van der Waals surface area (Å²) in [5.41, 5.74) is -2.96. The Labute approximate surface area is 179 Å². The minimum atomic E-state index is -5.19. The number of alkyl halides is 3. The number of carbonyl (C=O) groups excluding carboxylic acids is 1. The van der Waals surface area contributed by atoms with Crippen LogP contribution in [0.5, 0.6) is 0 Å². The zero-order valence-corrected chi connectivity index (χ0v) is 19.5. The Morgan fingerprint density at radius 2 is 1.48 bits per heavy atom. The van der Waals surface area contributed by atoms with E-state index in [1.165, 1.54) is 12.1 Å². The number of Topliss-reactive ketones (excluding diaryl/α,β-unsaturated/α-hetero) is 1. The summed E-state index contributed by atoms with van der Waals surface area (Å²) in [5.74, 6) is -3.72. The molecule has 0 atom stereocenters. The van der Waals surface area contributed by atoms with Crippen LogP contribution in [-0.2, 0) is 10.0 Å². The number of carbonyl (C=O) groups is 1. The maximum absolute atomic E-state index is 15.6. The van der Waals surface area contributed by atoms with E-state index < -0.39 is 48.9 Å². The molecule has 2 aromatic rings. The number of aromatic nitrogens is 1. The normalized spacial score (nSPS) is 13.4. The summed E-state index contributed by atoms with van der Waals surface area (Å²) in [6.45, 7) is 12.9. The van der Waals surface area contributed by atoms with Crippen molar-refractivity contribution in [2.24, 2.45) is 0 Å². The van der Waals surface area contributed by atoms with E-state index in [0.717, 1.165) is 18.2 Å². The Morgan fingerprint density at radius 3 is 1.94 bits per heavy atom. The van der Waals surface area contributed by atoms with E-state index in [0.29, 0.717) is 0 Å². The van der Waals surface area contributed by atoms with Gasteiger partial charge in [-0.3, -0.25) is 4.79 Å². The van der Waals surface area contributed by atoms with E-state index in [1.807, 2.05) is 33.9 Å². The molecule has 0 N–H and O–H groups in total. The maximum atomic E-state index is 15.6. The minimum absolute atomic E-state index is 0.0418. The zero-order valence-electron chi connectivity index (χ0n) is 18.5. The van der Waals surface area contributed by atoms with E-state index in [-0.39, 0.29) is 16.2 Å². The number of benzene rings is 1. The van der Waals surface area contributed by atoms with Crippen LogP contribution in [0.1, 0.15) is 50.7 Å². The highest BCUT2D eigenvalue weighted by Gasteiger charge is 2.45. The van der Waals surface area contributed by atoms with Gasteiger partial charge in [-0.15, -0.1) is 0 Å². The number of hydrogen-bond donors (Lipinski definition) is 0. The highest BCUT2D eigenvalue weighted by atomic mass is 28.4. The van der Waals surface area contributed by atoms with Gasteiger partial charge in [0.2, 0.25) is 0 Å². The van der Waals surface area contributed by atoms with E-state index in [2.05, 4.69) is 4.98 Å². The molecule has 31 heavy (non-hydrogen) atoms. The third-order valence-electron chi connectivity index (χ3n) is 5.53. The first-order valence-corrected chi connectivity index (χ1v) is 12.6. The fourth-order valence-electron chi connectivity index (χ4n) is 2.87. The van der Waals surface area contributed by atoms with Crippen LogP contribution in [0.3, 0.4) is 0 Å². The lowest BCUT2D eigenvalue weighted by Crippen LogP contribution is -2.46. The van der Waals surface area contributed by atoms with Crippen LogP contribution in [0.2, 0.25) is 18.1 Å². The molecule has 0 unspecified atom stereocenters. The minimum Gasteiger partial charge on any atom is -0.408 e. The fraction of sp³-hybridized carbons (Fsp3) is 0.455. The molecule has 2 rings (SSSR count). The molecule has 1 aromatic carbocycles. The first-order chi connectivity index (χ1) is 13.9. The van der Waals surface area contributed by atoms with Gasteiger partial charge in [0.05, 0.1) is 5.60 Å². The number of pyridine rings is 1. The molecule has 1 aromatic heterocycles. The summed E-state index contributed by atoms with van der Waals surface area (Å²) >= 11 is 0. The van der Waals surface area contributed by atoms with Crippen LogP contribution in [-0.4, -0.2) is 25.3 Å². The van der Waals surface area contributed by atoms with Gasteiger partial charge in [0.25, 0.3) is 5.78 Å². The molecule has 3 nitrogen and oxygen atoms in total. The van der Waals surface area contributed by atoms with Gasteiger partial charge in [-0.2, -0.15) is 13.2 Å². The summed E-state index contributed by atoms with van der Waals surface area (Å²) in [5, 5.41) is -0.252. The number of hydrogen-bond acceptors (Lipinski definition) is 3. The monoisotopic (exact) mass is 459 g/mol. The van der Waals surface area contributed by atoms with Crippen molar-refractivity contribution in [2.75, 3.05) is 0 Å². The van der Waals surface area contributed by atoms with Crippen molar-refractivity contribution in [3.05, 3.63) is 53.2 Å². The van der Waals surface area contributed by atoms with Gasteiger partial charge in [0.15, 0.2) is 14.1 Å². The second-order valence-electron chi connectivity index (χ2n) is 9.42. The van der Waals surface area contributed by atoms with Crippen molar-refractivity contribution in [3.8, 4) is 11.3 Å². The maximum Gasteiger partial charge on any atom is 0.456 e. The Bertz CT molecular complexity index is 977. The van der Waals surface area contributed by atoms with Gasteiger partial charge < -0.3 is 4.43 Å². The second kappa shape index (κ2) is 8.09. The molecule has 170 valence electrons. The molecule has 0 saturated heterocycles. The molecule has 0 fully saturated rings. The lowest BCUT2D eigenvalue weighted by molar-refractivity contribution is -0.0888. The van der Waals surface area contributed by atoms with Gasteiger partial charge >= 0.3 is 6.18 Å². The summed E-state index contributed by atoms with van der Waals surface area (Å²) in [7, 11) is -2.48. The quantitative estimate of drug-likeness (QED) is 0.274. The van der Waals surface area contributed by atoms with E-state index in [9.17, 15) is 22.4 Å². The van der Waals surface area contributed by atoms with Crippen LogP contribution in [0.25, 0.3) is 11.3 Å². The summed E-state index contributed by atoms with van der Waals surface area (Å²) in [6.07, 6.45) is -5.19. The molecule has 9 heteroatoms. The Morgan fingerprint density at radius 1 is 0.968 bits per heavy atom. The standard InChI is InChI=1S/C22H26F5NO2Si/c1-20(2,3)31(6,7)30-21(4,5)15-12-16(19(29)22(25,26)27)28-18(17(15)24)13-8-10-14(23)11-9-13/h8-12H,1-7H3. The number of rotatable bonds is 5. The molecule has 0 saturated carbocycles. The van der Waals surface area contributed by atoms with Crippen molar-refractivity contribution >= 4 is 14.1 Å². The predicted octanol–water partition coefficient (Wildman–Crippen LogP) is 7.03. The van der Waals surface area contributed by atoms with Gasteiger partial charge in [0, 0.05) is 11.1 Å². The number of ketones is 1. The van der Waals surface area contributed by atoms with Crippen LogP contribution >= 0.6 is 0 Å². The Hall–Kier alpha value is -2.13. The van der Waals surface area contributed by atoms with Gasteiger partial charge in [-0.05, 0) is 62.3 Å². The Kier molecular flexibility index (Phi) is 6.56. The van der Waals surface area contributed by atoms with E-state index in [1.54, 1.807) is 13.8 Å². The molecular weight excluding hydrogens is 433 g/mol. The Balaban J connectivity index is 2.75. The highest BCUT2D eigenvalue weighted by molar-refractivity contribution is 6.74. The van der Waals surface area contributed by atoms with Crippen molar-refractivity contribution in [1.29, 1.82) is 0 Å². The molecule has 0 bridgehead atoms. The summed E-state index contributed by atoms with van der Waals surface area (Å²) in [6, 6.07) is 5.24. The zero-order chi connectivity index (χ0) is 24.0. The van der Waals surface area contributed by atoms with Gasteiger partial charge in [0.1, 0.15) is 17.2 Å². The third-order valence-corrected chi connectivity index (χ3v) is 10.2. The lowest BCUT2D eigenvalue weighted by atomic mass is 9.94. The van der Waals surface area contributed by atoms with Crippen molar-refractivity contribution in [2.45, 2.75) is 64.5 Å². The highest BCUT2D eigenvalue weighted by Crippen LogP contribution is 2.43. The molecule has 1 heterocycles. The fourth-order valence-corrected chi connectivity index (χ4v) is 4.57. The lowest BCUT2D eigenvalue weighted by Gasteiger charge is -2.43. The van der Waals surface area contributed by atoms with Crippen LogP contribution < -0.4 is 0 Å². The number of halogens is 5. The second-order valence-corrected chi connectivity index (χ2v) is 14.1. The average Bonchev–Trinajstić information content (AvgIpc) is 2.59. The van der Waals surface area contributed by atoms with E-state index in [4.69, 9.17) is 4.43 Å². The summed E-state index contributed by atoms with van der Waals surface area (Å²) < 4.78 is 74.5. The van der Waals surface area contributed by atoms with Gasteiger partial charge in [-0.1, -0.05) is 20.8 Å².